The maximum absolute atomic E-state index is 14.7. The van der Waals surface area contributed by atoms with Gasteiger partial charge in [0.25, 0.3) is 0 Å². The number of esters is 1. The smallest absolute Gasteiger partial charge is 0.303 e. The lowest BCUT2D eigenvalue weighted by Crippen LogP contribution is -2.44. The predicted octanol–water partition coefficient (Wildman–Crippen LogP) is 2.48. The molecule has 2 aromatic rings. The van der Waals surface area contributed by atoms with Crippen LogP contribution in [0.15, 0.2) is 6.20 Å². The number of hydrogen-bond donors (Lipinski definition) is 1. The fourth-order valence-corrected chi connectivity index (χ4v) is 4.13. The van der Waals surface area contributed by atoms with Crippen molar-refractivity contribution >= 4 is 17.4 Å². The Morgan fingerprint density at radius 3 is 2.97 bits per heavy atom. The molecule has 0 unspecified atom stereocenters. The molecule has 1 saturated carbocycles. The van der Waals surface area contributed by atoms with Crippen LogP contribution in [0, 0.1) is 17.1 Å². The molecule has 10 heteroatoms. The molecule has 0 aromatic carbocycles. The lowest BCUT2D eigenvalue weighted by molar-refractivity contribution is -0.153. The van der Waals surface area contributed by atoms with Gasteiger partial charge in [0.2, 0.25) is 5.95 Å². The minimum absolute atomic E-state index is 0.0768. The highest BCUT2D eigenvalue weighted by Gasteiger charge is 2.33. The average molecular weight is 405 g/mol. The Morgan fingerprint density at radius 1 is 1.45 bits per heavy atom. The van der Waals surface area contributed by atoms with Gasteiger partial charge in [-0.1, -0.05) is 0 Å². The van der Waals surface area contributed by atoms with Crippen molar-refractivity contribution in [1.82, 2.24) is 14.6 Å². The summed E-state index contributed by atoms with van der Waals surface area (Å²) in [7, 11) is 0. The third kappa shape index (κ3) is 3.74. The Balaban J connectivity index is 1.68. The summed E-state index contributed by atoms with van der Waals surface area (Å²) in [5.41, 5.74) is 0.349. The van der Waals surface area contributed by atoms with E-state index in [1.165, 1.54) is 17.6 Å². The van der Waals surface area contributed by atoms with E-state index < -0.39 is 24.1 Å². The zero-order valence-corrected chi connectivity index (χ0v) is 15.9. The van der Waals surface area contributed by atoms with Crippen molar-refractivity contribution in [2.24, 2.45) is 0 Å². The number of fused-ring (bicyclic) bond motifs is 1. The molecule has 4 atom stereocenters. The normalized spacial score (nSPS) is 27.0. The van der Waals surface area contributed by atoms with Gasteiger partial charge in [0.1, 0.15) is 29.4 Å². The lowest BCUT2D eigenvalue weighted by Gasteiger charge is -2.31. The topological polar surface area (TPSA) is 102 Å². The van der Waals surface area contributed by atoms with E-state index >= 15 is 0 Å². The molecule has 0 spiro atoms. The van der Waals surface area contributed by atoms with Gasteiger partial charge in [-0.3, -0.25) is 4.79 Å². The number of nitriles is 1. The molecule has 29 heavy (non-hydrogen) atoms. The van der Waals surface area contributed by atoms with E-state index in [9.17, 15) is 18.8 Å². The van der Waals surface area contributed by atoms with Gasteiger partial charge < -0.3 is 14.8 Å². The monoisotopic (exact) mass is 405 g/mol. The number of carbonyl (C=O) groups is 1. The lowest BCUT2D eigenvalue weighted by atomic mass is 10.0. The maximum Gasteiger partial charge on any atom is 0.303 e. The van der Waals surface area contributed by atoms with E-state index in [0.29, 0.717) is 31.6 Å². The molecule has 4 rings (SSSR count). The fraction of sp³-hybridized carbons (Fsp3) is 0.579. The molecule has 1 aliphatic heterocycles. The van der Waals surface area contributed by atoms with Crippen LogP contribution in [0.2, 0.25) is 0 Å². The molecule has 1 aliphatic carbocycles. The third-order valence-corrected chi connectivity index (χ3v) is 5.46. The zero-order valence-electron chi connectivity index (χ0n) is 15.9. The summed E-state index contributed by atoms with van der Waals surface area (Å²) in [6, 6.07) is 1.62. The number of alkyl halides is 1. The highest BCUT2D eigenvalue weighted by molar-refractivity contribution is 5.66. The first-order valence-electron chi connectivity index (χ1n) is 9.60. The Morgan fingerprint density at radius 2 is 2.28 bits per heavy atom. The van der Waals surface area contributed by atoms with Crippen molar-refractivity contribution < 1.29 is 23.0 Å². The van der Waals surface area contributed by atoms with E-state index in [1.807, 2.05) is 6.07 Å². The highest BCUT2D eigenvalue weighted by Crippen LogP contribution is 2.39. The van der Waals surface area contributed by atoms with Crippen molar-refractivity contribution in [2.45, 2.75) is 56.8 Å². The molecule has 3 heterocycles. The number of halogens is 2. The fourth-order valence-electron chi connectivity index (χ4n) is 4.13. The van der Waals surface area contributed by atoms with Crippen LogP contribution in [0.1, 0.15) is 49.8 Å². The third-order valence-electron chi connectivity index (χ3n) is 5.46. The molecule has 154 valence electrons. The molecule has 2 aliphatic rings. The van der Waals surface area contributed by atoms with E-state index in [2.05, 4.69) is 15.4 Å². The van der Waals surface area contributed by atoms with Crippen LogP contribution < -0.4 is 5.32 Å². The highest BCUT2D eigenvalue weighted by atomic mass is 19.1. The molecule has 8 nitrogen and oxygen atoms in total. The number of nitrogens with one attached hydrogen (secondary N) is 1. The van der Waals surface area contributed by atoms with Crippen LogP contribution in [0.4, 0.5) is 14.7 Å². The first kappa shape index (κ1) is 19.5. The first-order valence-corrected chi connectivity index (χ1v) is 9.60. The largest absolute Gasteiger partial charge is 0.458 e. The van der Waals surface area contributed by atoms with E-state index in [-0.39, 0.29) is 42.0 Å². The quantitative estimate of drug-likeness (QED) is 0.780. The Hall–Kier alpha value is -2.80. The predicted molar refractivity (Wildman–Crippen MR) is 97.5 cm³/mol. The molecule has 0 amide bonds. The van der Waals surface area contributed by atoms with Crippen molar-refractivity contribution in [3.63, 3.8) is 0 Å². The minimum Gasteiger partial charge on any atom is -0.458 e. The van der Waals surface area contributed by atoms with Gasteiger partial charge in [0.05, 0.1) is 24.5 Å². The summed E-state index contributed by atoms with van der Waals surface area (Å²) < 4.78 is 40.5. The van der Waals surface area contributed by atoms with Crippen LogP contribution in [-0.2, 0) is 14.3 Å². The summed E-state index contributed by atoms with van der Waals surface area (Å²) in [6.45, 7) is 2.06. The number of carbonyl (C=O) groups excluding carboxylic acids is 1. The van der Waals surface area contributed by atoms with E-state index in [0.717, 1.165) is 0 Å². The number of aromatic nitrogens is 3. The van der Waals surface area contributed by atoms with Crippen LogP contribution in [0.5, 0.6) is 0 Å². The molecule has 1 saturated heterocycles. The van der Waals surface area contributed by atoms with Crippen molar-refractivity contribution in [3.8, 4) is 6.07 Å². The Labute approximate surface area is 165 Å². The van der Waals surface area contributed by atoms with Crippen LogP contribution >= 0.6 is 0 Å². The standard InChI is InChI=1S/C19H21F2N5O3/c1-10(27)29-16-9-28-5-4-14(16)24-19-23-8-15-17(21)13(7-22)18(26(15)25-19)11-2-3-12(20)6-11/h8,11-12,14,16H,2-6,9H2,1H3,(H,24,25)/t11-,12+,14+,16+/m0/s1. The molecule has 0 radical (unpaired) electrons. The molecular weight excluding hydrogens is 384 g/mol. The second-order valence-electron chi connectivity index (χ2n) is 7.43. The van der Waals surface area contributed by atoms with Gasteiger partial charge in [-0.25, -0.2) is 18.3 Å². The molecule has 0 bridgehead atoms. The molecule has 1 N–H and O–H groups in total. The van der Waals surface area contributed by atoms with E-state index in [4.69, 9.17) is 9.47 Å². The number of ether oxygens (including phenoxy) is 2. The Bertz CT molecular complexity index is 973. The number of hydrogen-bond acceptors (Lipinski definition) is 7. The first-order chi connectivity index (χ1) is 14.0. The summed E-state index contributed by atoms with van der Waals surface area (Å²) in [5.74, 6) is -1.19. The van der Waals surface area contributed by atoms with Crippen LogP contribution in [0.3, 0.4) is 0 Å². The average Bonchev–Trinajstić information content (AvgIpc) is 3.23. The zero-order chi connectivity index (χ0) is 20.5. The number of rotatable bonds is 4. The van der Waals surface area contributed by atoms with Crippen molar-refractivity contribution in [3.05, 3.63) is 23.3 Å². The number of nitrogens with zero attached hydrogens (tertiary/aromatic N) is 4. The second-order valence-corrected chi connectivity index (χ2v) is 7.43. The molecule has 2 fully saturated rings. The second kappa shape index (κ2) is 7.91. The summed E-state index contributed by atoms with van der Waals surface area (Å²) in [5, 5.41) is 17.0. The van der Waals surface area contributed by atoms with Gasteiger partial charge in [-0.05, 0) is 25.7 Å². The van der Waals surface area contributed by atoms with Crippen LogP contribution in [-0.4, -0.2) is 52.1 Å². The number of anilines is 1. The maximum atomic E-state index is 14.7. The minimum atomic E-state index is -0.966. The summed E-state index contributed by atoms with van der Waals surface area (Å²) in [4.78, 5) is 15.5. The van der Waals surface area contributed by atoms with E-state index in [1.54, 1.807) is 0 Å². The van der Waals surface area contributed by atoms with Gasteiger partial charge in [-0.15, -0.1) is 5.10 Å². The summed E-state index contributed by atoms with van der Waals surface area (Å²) in [6.07, 6.45) is 1.56. The molecular formula is C19H21F2N5O3. The molecule has 2 aromatic heterocycles. The Kier molecular flexibility index (Phi) is 5.32. The van der Waals surface area contributed by atoms with Crippen molar-refractivity contribution in [2.75, 3.05) is 18.5 Å². The van der Waals surface area contributed by atoms with Crippen LogP contribution in [0.25, 0.3) is 5.52 Å². The van der Waals surface area contributed by atoms with Gasteiger partial charge in [-0.2, -0.15) is 5.26 Å². The van der Waals surface area contributed by atoms with Gasteiger partial charge >= 0.3 is 5.97 Å². The van der Waals surface area contributed by atoms with Gasteiger partial charge in [0.15, 0.2) is 5.82 Å². The summed E-state index contributed by atoms with van der Waals surface area (Å²) >= 11 is 0. The van der Waals surface area contributed by atoms with Crippen molar-refractivity contribution in [1.29, 1.82) is 5.26 Å². The van der Waals surface area contributed by atoms with Gasteiger partial charge in [0, 0.05) is 19.4 Å². The SMILES string of the molecule is CC(=O)O[C@@H]1COCC[C@H]1Nc1ncc2c(F)c(C#N)c([C@H]3CC[C@@H](F)C3)n2n1.